The van der Waals surface area contributed by atoms with Gasteiger partial charge in [0.1, 0.15) is 30.5 Å². The molecule has 0 bridgehead atoms. The first-order chi connectivity index (χ1) is 20.7. The average molecular weight is 621 g/mol. The van der Waals surface area contributed by atoms with Crippen LogP contribution in [0.2, 0.25) is 0 Å². The second kappa shape index (κ2) is 23.9. The Balaban J connectivity index is 2.59. The number of hydrogen-bond acceptors (Lipinski definition) is 10. The second-order valence-electron chi connectivity index (χ2n) is 11.8. The first-order valence-electron chi connectivity index (χ1n) is 16.5. The van der Waals surface area contributed by atoms with E-state index in [1.165, 1.54) is 25.7 Å². The number of amides is 2. The van der Waals surface area contributed by atoms with Crippen LogP contribution in [0.15, 0.2) is 0 Å². The van der Waals surface area contributed by atoms with Crippen LogP contribution in [0.4, 0.5) is 0 Å². The maximum absolute atomic E-state index is 12.6. The predicted octanol–water partition coefficient (Wildman–Crippen LogP) is 1.41. The SMILES string of the molecule is CCCCCCCCCNC(=O)CCC[C@@H](O)[C@@H](O)[C@H](CO[C@H]1O[C@H](CO)[C@H](O)[C@H](O)[C@H]1O)NC(=O)CCCCCCC. The van der Waals surface area contributed by atoms with Gasteiger partial charge in [-0.25, -0.2) is 0 Å². The molecule has 0 unspecified atom stereocenters. The quantitative estimate of drug-likeness (QED) is 0.0691. The van der Waals surface area contributed by atoms with Gasteiger partial charge in [0.05, 0.1) is 25.4 Å². The van der Waals surface area contributed by atoms with Crippen molar-refractivity contribution in [2.45, 2.75) is 166 Å². The number of hydrogen-bond donors (Lipinski definition) is 8. The van der Waals surface area contributed by atoms with E-state index in [0.29, 0.717) is 19.4 Å². The molecular weight excluding hydrogens is 560 g/mol. The maximum atomic E-state index is 12.6. The molecule has 12 heteroatoms. The zero-order valence-corrected chi connectivity index (χ0v) is 26.4. The molecule has 1 fully saturated rings. The molecule has 8 N–H and O–H groups in total. The Kier molecular flexibility index (Phi) is 22.1. The standard InChI is InChI=1S/C31H60N2O10/c1-3-5-7-9-10-12-14-19-32-25(36)18-15-16-23(35)27(38)22(33-26(37)17-13-11-8-6-4-2)21-42-31-30(41)29(40)28(39)24(20-34)43-31/h22-24,27-31,34-35,38-41H,3-21H2,1-2H3,(H,32,36)(H,33,37)/t22-,23+,24+,27-,28-,29-,30+,31-/m0/s1. The minimum atomic E-state index is -1.64. The van der Waals surface area contributed by atoms with Crippen molar-refractivity contribution in [3.8, 4) is 0 Å². The first-order valence-corrected chi connectivity index (χ1v) is 16.5. The molecule has 1 heterocycles. The van der Waals surface area contributed by atoms with Crippen LogP contribution >= 0.6 is 0 Å². The van der Waals surface area contributed by atoms with Crippen molar-refractivity contribution in [2.75, 3.05) is 19.8 Å². The third-order valence-corrected chi connectivity index (χ3v) is 7.95. The highest BCUT2D eigenvalue weighted by Crippen LogP contribution is 2.22. The fourth-order valence-electron chi connectivity index (χ4n) is 5.11. The molecule has 0 aromatic carbocycles. The fourth-order valence-corrected chi connectivity index (χ4v) is 5.11. The van der Waals surface area contributed by atoms with Crippen LogP contribution in [0.1, 0.15) is 117 Å². The van der Waals surface area contributed by atoms with E-state index in [4.69, 9.17) is 9.47 Å². The summed E-state index contributed by atoms with van der Waals surface area (Å²) in [6.45, 7) is 3.88. The summed E-state index contributed by atoms with van der Waals surface area (Å²) >= 11 is 0. The van der Waals surface area contributed by atoms with E-state index in [-0.39, 0.29) is 37.7 Å². The van der Waals surface area contributed by atoms with Gasteiger partial charge in [-0.3, -0.25) is 9.59 Å². The van der Waals surface area contributed by atoms with Crippen LogP contribution in [-0.4, -0.2) is 111 Å². The molecule has 254 valence electrons. The molecule has 8 atom stereocenters. The van der Waals surface area contributed by atoms with Crippen molar-refractivity contribution in [1.29, 1.82) is 0 Å². The van der Waals surface area contributed by atoms with E-state index in [0.717, 1.165) is 44.9 Å². The summed E-state index contributed by atoms with van der Waals surface area (Å²) in [6, 6.07) is -1.09. The number of aliphatic hydroxyl groups excluding tert-OH is 6. The van der Waals surface area contributed by atoms with Gasteiger partial charge in [-0.15, -0.1) is 0 Å². The molecule has 0 aliphatic carbocycles. The van der Waals surface area contributed by atoms with Crippen LogP contribution in [0.3, 0.4) is 0 Å². The van der Waals surface area contributed by atoms with Crippen molar-refractivity contribution in [2.24, 2.45) is 0 Å². The summed E-state index contributed by atoms with van der Waals surface area (Å²) in [5, 5.41) is 66.9. The van der Waals surface area contributed by atoms with Crippen molar-refractivity contribution in [1.82, 2.24) is 10.6 Å². The van der Waals surface area contributed by atoms with Crippen LogP contribution < -0.4 is 10.6 Å². The highest BCUT2D eigenvalue weighted by molar-refractivity contribution is 5.76. The van der Waals surface area contributed by atoms with Crippen molar-refractivity contribution < 1.29 is 49.7 Å². The average Bonchev–Trinajstić information content (AvgIpc) is 2.99. The Morgan fingerprint density at radius 3 is 1.98 bits per heavy atom. The summed E-state index contributed by atoms with van der Waals surface area (Å²) in [5.74, 6) is -0.457. The maximum Gasteiger partial charge on any atom is 0.220 e. The van der Waals surface area contributed by atoms with Crippen LogP contribution in [0.5, 0.6) is 0 Å². The topological polar surface area (TPSA) is 198 Å². The summed E-state index contributed by atoms with van der Waals surface area (Å²) in [7, 11) is 0. The largest absolute Gasteiger partial charge is 0.394 e. The Labute approximate surface area is 257 Å². The van der Waals surface area contributed by atoms with Gasteiger partial charge in [0.2, 0.25) is 11.8 Å². The van der Waals surface area contributed by atoms with Gasteiger partial charge in [0.25, 0.3) is 0 Å². The molecule has 43 heavy (non-hydrogen) atoms. The van der Waals surface area contributed by atoms with E-state index < -0.39 is 55.6 Å². The summed E-state index contributed by atoms with van der Waals surface area (Å²) in [4.78, 5) is 24.8. The summed E-state index contributed by atoms with van der Waals surface area (Å²) < 4.78 is 10.9. The number of unbranched alkanes of at least 4 members (excludes halogenated alkanes) is 10. The summed E-state index contributed by atoms with van der Waals surface area (Å²) in [6.07, 6.45) is 3.49. The van der Waals surface area contributed by atoms with E-state index in [2.05, 4.69) is 24.5 Å². The Bertz CT molecular complexity index is 729. The minimum Gasteiger partial charge on any atom is -0.394 e. The smallest absolute Gasteiger partial charge is 0.220 e. The van der Waals surface area contributed by atoms with Gasteiger partial charge in [-0.2, -0.15) is 0 Å². The van der Waals surface area contributed by atoms with E-state index in [1.807, 2.05) is 0 Å². The summed E-state index contributed by atoms with van der Waals surface area (Å²) in [5.41, 5.74) is 0. The molecule has 1 saturated heterocycles. The number of nitrogens with one attached hydrogen (secondary N) is 2. The normalized spacial score (nSPS) is 24.3. The van der Waals surface area contributed by atoms with Gasteiger partial charge >= 0.3 is 0 Å². The number of carbonyl (C=O) groups excluding carboxylic acids is 2. The Morgan fingerprint density at radius 2 is 1.35 bits per heavy atom. The lowest BCUT2D eigenvalue weighted by atomic mass is 9.99. The number of aliphatic hydroxyl groups is 6. The Hall–Kier alpha value is -1.38. The van der Waals surface area contributed by atoms with Crippen LogP contribution in [0.25, 0.3) is 0 Å². The fraction of sp³-hybridized carbons (Fsp3) is 0.935. The van der Waals surface area contributed by atoms with Crippen molar-refractivity contribution >= 4 is 11.8 Å². The molecule has 0 spiro atoms. The van der Waals surface area contributed by atoms with Crippen molar-refractivity contribution in [3.05, 3.63) is 0 Å². The lowest BCUT2D eigenvalue weighted by Crippen LogP contribution is -2.60. The lowest BCUT2D eigenvalue weighted by molar-refractivity contribution is -0.303. The van der Waals surface area contributed by atoms with Crippen LogP contribution in [0, 0.1) is 0 Å². The molecule has 0 saturated carbocycles. The Morgan fingerprint density at radius 1 is 0.767 bits per heavy atom. The van der Waals surface area contributed by atoms with Crippen LogP contribution in [-0.2, 0) is 19.1 Å². The third-order valence-electron chi connectivity index (χ3n) is 7.95. The zero-order chi connectivity index (χ0) is 32.0. The second-order valence-corrected chi connectivity index (χ2v) is 11.8. The molecule has 0 radical (unpaired) electrons. The zero-order valence-electron chi connectivity index (χ0n) is 26.4. The molecule has 0 aromatic rings. The molecule has 12 nitrogen and oxygen atoms in total. The van der Waals surface area contributed by atoms with Crippen molar-refractivity contribution in [3.63, 3.8) is 0 Å². The predicted molar refractivity (Wildman–Crippen MR) is 162 cm³/mol. The molecule has 1 aliphatic rings. The molecule has 2 amide bonds. The monoisotopic (exact) mass is 620 g/mol. The first kappa shape index (κ1) is 39.6. The van der Waals surface area contributed by atoms with Gasteiger partial charge in [-0.1, -0.05) is 78.1 Å². The van der Waals surface area contributed by atoms with Gasteiger partial charge in [0, 0.05) is 19.4 Å². The van der Waals surface area contributed by atoms with E-state index in [1.54, 1.807) is 0 Å². The molecule has 1 aliphatic heterocycles. The van der Waals surface area contributed by atoms with Gasteiger partial charge in [0.15, 0.2) is 6.29 Å². The number of carbonyl (C=O) groups is 2. The molecule has 1 rings (SSSR count). The third kappa shape index (κ3) is 16.5. The number of ether oxygens (including phenoxy) is 2. The molecule has 0 aromatic heterocycles. The highest BCUT2D eigenvalue weighted by Gasteiger charge is 2.44. The van der Waals surface area contributed by atoms with E-state index in [9.17, 15) is 40.2 Å². The van der Waals surface area contributed by atoms with Gasteiger partial charge < -0.3 is 50.7 Å². The highest BCUT2D eigenvalue weighted by atomic mass is 16.7. The van der Waals surface area contributed by atoms with E-state index >= 15 is 0 Å². The molecular formula is C31H60N2O10. The minimum absolute atomic E-state index is 0.107. The lowest BCUT2D eigenvalue weighted by Gasteiger charge is -2.40. The number of rotatable bonds is 25. The van der Waals surface area contributed by atoms with Gasteiger partial charge in [-0.05, 0) is 25.7 Å².